The van der Waals surface area contributed by atoms with Gasteiger partial charge >= 0.3 is 5.97 Å². The van der Waals surface area contributed by atoms with Crippen LogP contribution in [-0.2, 0) is 4.79 Å². The third-order valence-electron chi connectivity index (χ3n) is 2.88. The van der Waals surface area contributed by atoms with Gasteiger partial charge in [-0.2, -0.15) is 0 Å². The van der Waals surface area contributed by atoms with Gasteiger partial charge in [0.1, 0.15) is 0 Å². The molecule has 0 aliphatic rings. The average Bonchev–Trinajstić information content (AvgIpc) is 2.62. The SMILES string of the molecule is CCC(CNC(=O)c1cc(C)sc1C)CC(=O)O. The van der Waals surface area contributed by atoms with E-state index >= 15 is 0 Å². The number of carboxylic acids is 1. The zero-order valence-electron chi connectivity index (χ0n) is 10.9. The van der Waals surface area contributed by atoms with Gasteiger partial charge in [0, 0.05) is 22.7 Å². The maximum Gasteiger partial charge on any atom is 0.303 e. The van der Waals surface area contributed by atoms with Crippen molar-refractivity contribution in [2.24, 2.45) is 5.92 Å². The molecular weight excluding hydrogens is 250 g/mol. The van der Waals surface area contributed by atoms with E-state index in [1.807, 2.05) is 26.8 Å². The molecule has 0 saturated heterocycles. The van der Waals surface area contributed by atoms with Crippen molar-refractivity contribution in [3.8, 4) is 0 Å². The van der Waals surface area contributed by atoms with Crippen molar-refractivity contribution in [2.45, 2.75) is 33.6 Å². The topological polar surface area (TPSA) is 66.4 Å². The smallest absolute Gasteiger partial charge is 0.303 e. The van der Waals surface area contributed by atoms with Crippen LogP contribution in [0.3, 0.4) is 0 Å². The predicted molar refractivity (Wildman–Crippen MR) is 72.2 cm³/mol. The first-order valence-corrected chi connectivity index (χ1v) is 6.82. The number of hydrogen-bond acceptors (Lipinski definition) is 3. The summed E-state index contributed by atoms with van der Waals surface area (Å²) >= 11 is 1.59. The molecule has 1 unspecified atom stereocenters. The number of nitrogens with one attached hydrogen (secondary N) is 1. The van der Waals surface area contributed by atoms with Gasteiger partial charge in [-0.05, 0) is 25.8 Å². The fraction of sp³-hybridized carbons (Fsp3) is 0.538. The number of carbonyl (C=O) groups excluding carboxylic acids is 1. The van der Waals surface area contributed by atoms with Crippen LogP contribution < -0.4 is 5.32 Å². The van der Waals surface area contributed by atoms with Crippen LogP contribution in [0.2, 0.25) is 0 Å². The van der Waals surface area contributed by atoms with E-state index in [0.29, 0.717) is 12.1 Å². The van der Waals surface area contributed by atoms with E-state index in [-0.39, 0.29) is 18.2 Å². The third-order valence-corrected chi connectivity index (χ3v) is 3.84. The first kappa shape index (κ1) is 14.7. The second kappa shape index (κ2) is 6.54. The second-order valence-corrected chi connectivity index (χ2v) is 5.87. The lowest BCUT2D eigenvalue weighted by molar-refractivity contribution is -0.138. The molecule has 1 aromatic rings. The zero-order valence-corrected chi connectivity index (χ0v) is 11.8. The zero-order chi connectivity index (χ0) is 13.7. The Balaban J connectivity index is 2.55. The molecular formula is C13H19NO3S. The van der Waals surface area contributed by atoms with Crippen molar-refractivity contribution in [3.63, 3.8) is 0 Å². The normalized spacial score (nSPS) is 12.2. The van der Waals surface area contributed by atoms with E-state index in [0.717, 1.165) is 16.2 Å². The molecule has 1 amide bonds. The van der Waals surface area contributed by atoms with Crippen molar-refractivity contribution in [1.82, 2.24) is 5.32 Å². The van der Waals surface area contributed by atoms with Gasteiger partial charge in [-0.1, -0.05) is 13.3 Å². The minimum atomic E-state index is -0.821. The third kappa shape index (κ3) is 4.14. The Labute approximate surface area is 111 Å². The van der Waals surface area contributed by atoms with E-state index < -0.39 is 5.97 Å². The average molecular weight is 269 g/mol. The Kier molecular flexibility index (Phi) is 5.34. The van der Waals surface area contributed by atoms with Crippen LogP contribution >= 0.6 is 11.3 Å². The standard InChI is InChI=1S/C13H19NO3S/c1-4-10(6-12(15)16)7-14-13(17)11-5-8(2)18-9(11)3/h5,10H,4,6-7H2,1-3H3,(H,14,17)(H,15,16). The molecule has 100 valence electrons. The number of rotatable bonds is 6. The number of amides is 1. The highest BCUT2D eigenvalue weighted by atomic mass is 32.1. The van der Waals surface area contributed by atoms with Crippen molar-refractivity contribution < 1.29 is 14.7 Å². The summed E-state index contributed by atoms with van der Waals surface area (Å²) in [6.07, 6.45) is 0.840. The van der Waals surface area contributed by atoms with Gasteiger partial charge in [0.2, 0.25) is 0 Å². The van der Waals surface area contributed by atoms with Gasteiger partial charge in [0.25, 0.3) is 5.91 Å². The minimum Gasteiger partial charge on any atom is -0.481 e. The molecule has 0 fully saturated rings. The van der Waals surface area contributed by atoms with E-state index in [1.165, 1.54) is 0 Å². The second-order valence-electron chi connectivity index (χ2n) is 4.41. The number of aryl methyl sites for hydroxylation is 2. The van der Waals surface area contributed by atoms with Gasteiger partial charge in [0.15, 0.2) is 0 Å². The van der Waals surface area contributed by atoms with Crippen LogP contribution in [0.25, 0.3) is 0 Å². The Bertz CT molecular complexity index is 439. The summed E-state index contributed by atoms with van der Waals surface area (Å²) in [6.45, 7) is 6.23. The van der Waals surface area contributed by atoms with E-state index in [4.69, 9.17) is 5.11 Å². The molecule has 2 N–H and O–H groups in total. The van der Waals surface area contributed by atoms with Crippen LogP contribution in [-0.4, -0.2) is 23.5 Å². The summed E-state index contributed by atoms with van der Waals surface area (Å²) in [5, 5.41) is 11.5. The molecule has 0 bridgehead atoms. The number of hydrogen-bond donors (Lipinski definition) is 2. The van der Waals surface area contributed by atoms with Gasteiger partial charge in [-0.15, -0.1) is 11.3 Å². The summed E-state index contributed by atoms with van der Waals surface area (Å²) in [6, 6.07) is 1.87. The van der Waals surface area contributed by atoms with Gasteiger partial charge in [0.05, 0.1) is 5.56 Å². The first-order chi connectivity index (χ1) is 8.43. The summed E-state index contributed by atoms with van der Waals surface area (Å²) < 4.78 is 0. The van der Waals surface area contributed by atoms with Crippen LogP contribution in [0.5, 0.6) is 0 Å². The molecule has 1 heterocycles. The summed E-state index contributed by atoms with van der Waals surface area (Å²) in [5.41, 5.74) is 0.697. The number of thiophene rings is 1. The Hall–Kier alpha value is -1.36. The van der Waals surface area contributed by atoms with Crippen molar-refractivity contribution in [3.05, 3.63) is 21.4 Å². The molecule has 18 heavy (non-hydrogen) atoms. The molecule has 1 atom stereocenters. The molecule has 0 saturated carbocycles. The lowest BCUT2D eigenvalue weighted by Crippen LogP contribution is -2.30. The molecule has 1 rings (SSSR count). The quantitative estimate of drug-likeness (QED) is 0.834. The van der Waals surface area contributed by atoms with E-state index in [9.17, 15) is 9.59 Å². The fourth-order valence-electron chi connectivity index (χ4n) is 1.80. The molecule has 5 heteroatoms. The monoisotopic (exact) mass is 269 g/mol. The lowest BCUT2D eigenvalue weighted by Gasteiger charge is -2.13. The minimum absolute atomic E-state index is 0.00788. The Morgan fingerprint density at radius 2 is 2.11 bits per heavy atom. The maximum absolute atomic E-state index is 11.9. The molecule has 0 aliphatic heterocycles. The highest BCUT2D eigenvalue weighted by Gasteiger charge is 2.15. The highest BCUT2D eigenvalue weighted by molar-refractivity contribution is 7.12. The molecule has 0 spiro atoms. The van der Waals surface area contributed by atoms with Crippen molar-refractivity contribution in [1.29, 1.82) is 0 Å². The van der Waals surface area contributed by atoms with Crippen LogP contribution in [0.4, 0.5) is 0 Å². The van der Waals surface area contributed by atoms with Crippen molar-refractivity contribution in [2.75, 3.05) is 6.54 Å². The van der Waals surface area contributed by atoms with Gasteiger partial charge < -0.3 is 10.4 Å². The van der Waals surface area contributed by atoms with Gasteiger partial charge in [-0.3, -0.25) is 9.59 Å². The largest absolute Gasteiger partial charge is 0.481 e. The summed E-state index contributed by atoms with van der Waals surface area (Å²) in [5.74, 6) is -0.939. The van der Waals surface area contributed by atoms with Crippen LogP contribution in [0.15, 0.2) is 6.07 Å². The summed E-state index contributed by atoms with van der Waals surface area (Å²) in [4.78, 5) is 24.7. The molecule has 1 aromatic heterocycles. The summed E-state index contributed by atoms with van der Waals surface area (Å²) in [7, 11) is 0. The number of carboxylic acid groups (broad SMARTS) is 1. The van der Waals surface area contributed by atoms with Gasteiger partial charge in [-0.25, -0.2) is 0 Å². The van der Waals surface area contributed by atoms with Crippen LogP contribution in [0, 0.1) is 19.8 Å². The van der Waals surface area contributed by atoms with Crippen LogP contribution in [0.1, 0.15) is 39.9 Å². The first-order valence-electron chi connectivity index (χ1n) is 6.01. The predicted octanol–water partition coefficient (Wildman–Crippen LogP) is 2.60. The lowest BCUT2D eigenvalue weighted by atomic mass is 10.0. The van der Waals surface area contributed by atoms with E-state index in [1.54, 1.807) is 11.3 Å². The maximum atomic E-state index is 11.9. The number of carbonyl (C=O) groups is 2. The molecule has 4 nitrogen and oxygen atoms in total. The molecule has 0 aromatic carbocycles. The highest BCUT2D eigenvalue weighted by Crippen LogP contribution is 2.20. The Morgan fingerprint density at radius 3 is 2.56 bits per heavy atom. The fourth-order valence-corrected chi connectivity index (χ4v) is 2.72. The Morgan fingerprint density at radius 1 is 1.44 bits per heavy atom. The number of aliphatic carboxylic acids is 1. The molecule has 0 radical (unpaired) electrons. The molecule has 0 aliphatic carbocycles. The van der Waals surface area contributed by atoms with Crippen molar-refractivity contribution >= 4 is 23.2 Å². The van der Waals surface area contributed by atoms with E-state index in [2.05, 4.69) is 5.32 Å².